The number of nitrogens with zero attached hydrogens (tertiary/aromatic N) is 2. The summed E-state index contributed by atoms with van der Waals surface area (Å²) in [4.78, 5) is 17.1. The van der Waals surface area contributed by atoms with E-state index in [0.717, 1.165) is 11.0 Å². The number of furan rings is 1. The van der Waals surface area contributed by atoms with Crippen LogP contribution in [0.25, 0.3) is 11.0 Å². The van der Waals surface area contributed by atoms with Gasteiger partial charge in [0.05, 0.1) is 23.8 Å². The molecule has 4 aromatic rings. The molecule has 1 N–H and O–H groups in total. The number of nitrogens with one attached hydrogen (secondary N) is 1. The Morgan fingerprint density at radius 3 is 2.71 bits per heavy atom. The molecule has 0 spiro atoms. The van der Waals surface area contributed by atoms with Crippen LogP contribution >= 0.6 is 11.6 Å². The van der Waals surface area contributed by atoms with Crippen molar-refractivity contribution in [2.45, 2.75) is 19.7 Å². The third-order valence-corrected chi connectivity index (χ3v) is 4.51. The van der Waals surface area contributed by atoms with Crippen molar-refractivity contribution in [2.24, 2.45) is 0 Å². The second-order valence-electron chi connectivity index (χ2n) is 6.20. The normalized spacial score (nSPS) is 10.9. The molecule has 2 aromatic heterocycles. The molecule has 6 nitrogen and oxygen atoms in total. The van der Waals surface area contributed by atoms with Crippen molar-refractivity contribution in [3.05, 3.63) is 83.5 Å². The van der Waals surface area contributed by atoms with Crippen molar-refractivity contribution in [3.63, 3.8) is 0 Å². The molecular weight excluding hydrogens is 378 g/mol. The summed E-state index contributed by atoms with van der Waals surface area (Å²) in [5, 5.41) is 3.50. The average molecular weight is 396 g/mol. The lowest BCUT2D eigenvalue weighted by atomic mass is 10.3. The Morgan fingerprint density at radius 1 is 1.11 bits per heavy atom. The summed E-state index contributed by atoms with van der Waals surface area (Å²) in [6, 6.07) is 18.4. The Balaban J connectivity index is 1.51. The van der Waals surface area contributed by atoms with E-state index in [-0.39, 0.29) is 19.1 Å². The van der Waals surface area contributed by atoms with Crippen molar-refractivity contribution in [1.29, 1.82) is 0 Å². The quantitative estimate of drug-likeness (QED) is 0.509. The smallest absolute Gasteiger partial charge is 0.240 e. The molecule has 2 aromatic carbocycles. The van der Waals surface area contributed by atoms with Crippen molar-refractivity contribution < 1.29 is 13.9 Å². The lowest BCUT2D eigenvalue weighted by Crippen LogP contribution is -2.27. The van der Waals surface area contributed by atoms with Crippen LogP contribution in [0.1, 0.15) is 11.6 Å². The number of benzene rings is 2. The van der Waals surface area contributed by atoms with E-state index in [1.807, 2.05) is 34.9 Å². The van der Waals surface area contributed by atoms with Crippen molar-refractivity contribution in [1.82, 2.24) is 14.9 Å². The van der Waals surface area contributed by atoms with E-state index in [9.17, 15) is 4.79 Å². The molecule has 0 aliphatic rings. The summed E-state index contributed by atoms with van der Waals surface area (Å²) >= 11 is 5.91. The standard InChI is InChI=1S/C21H18ClN3O3/c22-15-7-9-16(10-8-15)28-14-20-24-18-5-1-2-6-19(18)25(20)13-21(26)23-12-17-4-3-11-27-17/h1-11H,12-14H2,(H,23,26). The molecule has 0 bridgehead atoms. The number of para-hydroxylation sites is 2. The Hall–Kier alpha value is -3.25. The highest BCUT2D eigenvalue weighted by Gasteiger charge is 2.14. The highest BCUT2D eigenvalue weighted by atomic mass is 35.5. The molecule has 28 heavy (non-hydrogen) atoms. The van der Waals surface area contributed by atoms with Gasteiger partial charge in [0.25, 0.3) is 0 Å². The number of fused-ring (bicyclic) bond motifs is 1. The third kappa shape index (κ3) is 4.18. The number of imidazole rings is 1. The molecule has 0 saturated carbocycles. The SMILES string of the molecule is O=C(Cn1c(COc2ccc(Cl)cc2)nc2ccccc21)NCc1ccco1. The number of amides is 1. The van der Waals surface area contributed by atoms with Crippen LogP contribution in [-0.2, 0) is 24.5 Å². The second kappa shape index (κ2) is 8.19. The van der Waals surface area contributed by atoms with Gasteiger partial charge in [-0.2, -0.15) is 0 Å². The first-order valence-electron chi connectivity index (χ1n) is 8.80. The number of rotatable bonds is 7. The van der Waals surface area contributed by atoms with Gasteiger partial charge in [-0.15, -0.1) is 0 Å². The molecule has 4 rings (SSSR count). The second-order valence-corrected chi connectivity index (χ2v) is 6.64. The van der Waals surface area contributed by atoms with E-state index < -0.39 is 0 Å². The Morgan fingerprint density at radius 2 is 1.93 bits per heavy atom. The van der Waals surface area contributed by atoms with E-state index in [1.165, 1.54) is 0 Å². The largest absolute Gasteiger partial charge is 0.486 e. The van der Waals surface area contributed by atoms with Gasteiger partial charge in [0, 0.05) is 5.02 Å². The molecule has 0 radical (unpaired) electrons. The number of aromatic nitrogens is 2. The highest BCUT2D eigenvalue weighted by molar-refractivity contribution is 6.30. The molecule has 142 valence electrons. The molecular formula is C21H18ClN3O3. The number of carbonyl (C=O) groups is 1. The van der Waals surface area contributed by atoms with E-state index in [4.69, 9.17) is 20.8 Å². The lowest BCUT2D eigenvalue weighted by Gasteiger charge is -2.11. The van der Waals surface area contributed by atoms with Gasteiger partial charge in [0.2, 0.25) is 5.91 Å². The number of hydrogen-bond acceptors (Lipinski definition) is 4. The van der Waals surface area contributed by atoms with Crippen LogP contribution in [0.15, 0.2) is 71.3 Å². The minimum atomic E-state index is -0.132. The summed E-state index contributed by atoms with van der Waals surface area (Å²) in [6.07, 6.45) is 1.58. The molecule has 0 aliphatic carbocycles. The number of halogens is 1. The fourth-order valence-electron chi connectivity index (χ4n) is 2.89. The number of carbonyl (C=O) groups excluding carboxylic acids is 1. The van der Waals surface area contributed by atoms with E-state index in [1.54, 1.807) is 36.6 Å². The van der Waals surface area contributed by atoms with Gasteiger partial charge in [-0.05, 0) is 48.5 Å². The van der Waals surface area contributed by atoms with Crippen LogP contribution in [0.4, 0.5) is 0 Å². The van der Waals surface area contributed by atoms with Crippen molar-refractivity contribution >= 4 is 28.5 Å². The van der Waals surface area contributed by atoms with E-state index in [0.29, 0.717) is 28.9 Å². The Labute approximate surface area is 166 Å². The van der Waals surface area contributed by atoms with Crippen LogP contribution in [0.5, 0.6) is 5.75 Å². The van der Waals surface area contributed by atoms with Crippen LogP contribution in [0.2, 0.25) is 5.02 Å². The van der Waals surface area contributed by atoms with Crippen LogP contribution in [0.3, 0.4) is 0 Å². The van der Waals surface area contributed by atoms with E-state index >= 15 is 0 Å². The van der Waals surface area contributed by atoms with Gasteiger partial charge in [-0.1, -0.05) is 23.7 Å². The summed E-state index contributed by atoms with van der Waals surface area (Å²) < 4.78 is 12.9. The molecule has 1 amide bonds. The highest BCUT2D eigenvalue weighted by Crippen LogP contribution is 2.20. The van der Waals surface area contributed by atoms with Gasteiger partial charge >= 0.3 is 0 Å². The molecule has 2 heterocycles. The fraction of sp³-hybridized carbons (Fsp3) is 0.143. The topological polar surface area (TPSA) is 69.3 Å². The van der Waals surface area contributed by atoms with Crippen LogP contribution in [0, 0.1) is 0 Å². The predicted octanol–water partition coefficient (Wildman–Crippen LogP) is 4.18. The molecule has 0 atom stereocenters. The zero-order valence-electron chi connectivity index (χ0n) is 15.0. The maximum absolute atomic E-state index is 12.5. The van der Waals surface area contributed by atoms with Crippen LogP contribution < -0.4 is 10.1 Å². The van der Waals surface area contributed by atoms with Gasteiger partial charge < -0.3 is 19.0 Å². The maximum atomic E-state index is 12.5. The molecule has 0 saturated heterocycles. The summed E-state index contributed by atoms with van der Waals surface area (Å²) in [5.41, 5.74) is 1.70. The summed E-state index contributed by atoms with van der Waals surface area (Å²) in [6.45, 7) is 0.720. The summed E-state index contributed by atoms with van der Waals surface area (Å²) in [7, 11) is 0. The lowest BCUT2D eigenvalue weighted by molar-refractivity contribution is -0.121. The predicted molar refractivity (Wildman–Crippen MR) is 106 cm³/mol. The average Bonchev–Trinajstić information content (AvgIpc) is 3.34. The molecule has 0 fully saturated rings. The first-order valence-corrected chi connectivity index (χ1v) is 9.18. The minimum absolute atomic E-state index is 0.132. The monoisotopic (exact) mass is 395 g/mol. The minimum Gasteiger partial charge on any atom is -0.486 e. The van der Waals surface area contributed by atoms with Gasteiger partial charge in [0.15, 0.2) is 0 Å². The van der Waals surface area contributed by atoms with Crippen molar-refractivity contribution in [2.75, 3.05) is 0 Å². The fourth-order valence-corrected chi connectivity index (χ4v) is 3.02. The first kappa shape index (κ1) is 18.1. The Kier molecular flexibility index (Phi) is 5.30. The summed E-state index contributed by atoms with van der Waals surface area (Å²) in [5.74, 6) is 1.93. The number of hydrogen-bond donors (Lipinski definition) is 1. The zero-order valence-corrected chi connectivity index (χ0v) is 15.7. The molecule has 7 heteroatoms. The maximum Gasteiger partial charge on any atom is 0.240 e. The third-order valence-electron chi connectivity index (χ3n) is 4.26. The van der Waals surface area contributed by atoms with Gasteiger partial charge in [0.1, 0.15) is 30.5 Å². The first-order chi connectivity index (χ1) is 13.7. The molecule has 0 unspecified atom stereocenters. The van der Waals surface area contributed by atoms with Crippen molar-refractivity contribution in [3.8, 4) is 5.75 Å². The number of ether oxygens (including phenoxy) is 1. The zero-order chi connectivity index (χ0) is 19.3. The van der Waals surface area contributed by atoms with Gasteiger partial charge in [-0.25, -0.2) is 4.98 Å². The van der Waals surface area contributed by atoms with E-state index in [2.05, 4.69) is 10.3 Å². The van der Waals surface area contributed by atoms with Gasteiger partial charge in [-0.3, -0.25) is 4.79 Å². The van der Waals surface area contributed by atoms with Crippen LogP contribution in [-0.4, -0.2) is 15.5 Å². The molecule has 0 aliphatic heterocycles. The Bertz CT molecular complexity index is 1070.